The van der Waals surface area contributed by atoms with Crippen LogP contribution in [0.25, 0.3) is 0 Å². The van der Waals surface area contributed by atoms with E-state index in [9.17, 15) is 17.2 Å². The Labute approximate surface area is 146 Å². The average Bonchev–Trinajstić information content (AvgIpc) is 2.79. The molecule has 2 aromatic rings. The molecule has 2 aromatic carbocycles. The van der Waals surface area contributed by atoms with Gasteiger partial charge in [0.1, 0.15) is 5.82 Å². The van der Waals surface area contributed by atoms with Crippen LogP contribution in [0.15, 0.2) is 42.5 Å². The predicted octanol–water partition coefficient (Wildman–Crippen LogP) is 3.17. The molecule has 8 heteroatoms. The van der Waals surface area contributed by atoms with Crippen molar-refractivity contribution < 1.29 is 17.2 Å². The molecule has 0 saturated carbocycles. The number of nitrogens with zero attached hydrogens (tertiary/aromatic N) is 2. The smallest absolute Gasteiger partial charge is 0.320 e. The maximum Gasteiger partial charge on any atom is 0.331 e. The number of halogens is 2. The second-order valence-electron chi connectivity index (χ2n) is 5.74. The van der Waals surface area contributed by atoms with Gasteiger partial charge in [-0.05, 0) is 50.7 Å². The number of fused-ring (bicyclic) bond motifs is 1. The SMILES string of the molecule is CNCCCCN1c2ccccc2N(c2ccc(F)cc2F)S1(=O)=O. The topological polar surface area (TPSA) is 52.6 Å². The van der Waals surface area contributed by atoms with Crippen LogP contribution in [-0.2, 0) is 10.2 Å². The molecule has 0 aliphatic carbocycles. The molecule has 0 saturated heterocycles. The fraction of sp³-hybridized carbons (Fsp3) is 0.294. The molecule has 1 aliphatic rings. The second kappa shape index (κ2) is 6.97. The van der Waals surface area contributed by atoms with Crippen LogP contribution in [0.1, 0.15) is 12.8 Å². The quantitative estimate of drug-likeness (QED) is 0.798. The zero-order chi connectivity index (χ0) is 18.0. The molecular weight excluding hydrogens is 348 g/mol. The van der Waals surface area contributed by atoms with Gasteiger partial charge in [-0.25, -0.2) is 13.1 Å². The minimum atomic E-state index is -3.98. The molecule has 1 aliphatic heterocycles. The number of nitrogens with one attached hydrogen (secondary N) is 1. The van der Waals surface area contributed by atoms with Crippen LogP contribution < -0.4 is 13.9 Å². The van der Waals surface area contributed by atoms with E-state index in [1.807, 2.05) is 7.05 Å². The number of benzene rings is 2. The first-order valence-electron chi connectivity index (χ1n) is 7.98. The molecule has 0 radical (unpaired) electrons. The molecule has 0 unspecified atom stereocenters. The molecule has 5 nitrogen and oxygen atoms in total. The van der Waals surface area contributed by atoms with Crippen molar-refractivity contribution in [1.82, 2.24) is 5.32 Å². The summed E-state index contributed by atoms with van der Waals surface area (Å²) in [6, 6.07) is 9.60. The molecule has 25 heavy (non-hydrogen) atoms. The summed E-state index contributed by atoms with van der Waals surface area (Å²) in [6.45, 7) is 1.08. The van der Waals surface area contributed by atoms with Crippen molar-refractivity contribution in [3.05, 3.63) is 54.1 Å². The number of hydrogen-bond acceptors (Lipinski definition) is 3. The molecule has 134 valence electrons. The number of rotatable bonds is 6. The largest absolute Gasteiger partial charge is 0.331 e. The summed E-state index contributed by atoms with van der Waals surface area (Å²) in [5.41, 5.74) is 0.670. The predicted molar refractivity (Wildman–Crippen MR) is 94.4 cm³/mol. The van der Waals surface area contributed by atoms with E-state index in [1.165, 1.54) is 4.31 Å². The lowest BCUT2D eigenvalue weighted by atomic mass is 10.2. The van der Waals surface area contributed by atoms with Crippen LogP contribution in [0.3, 0.4) is 0 Å². The monoisotopic (exact) mass is 367 g/mol. The molecule has 0 fully saturated rings. The number of anilines is 3. The summed E-state index contributed by atoms with van der Waals surface area (Å²) in [6.07, 6.45) is 1.48. The highest BCUT2D eigenvalue weighted by Gasteiger charge is 2.41. The third-order valence-electron chi connectivity index (χ3n) is 4.04. The molecule has 1 N–H and O–H groups in total. The first kappa shape index (κ1) is 17.6. The van der Waals surface area contributed by atoms with Crippen LogP contribution in [0.4, 0.5) is 25.8 Å². The highest BCUT2D eigenvalue weighted by Crippen LogP contribution is 2.45. The molecule has 0 bridgehead atoms. The minimum Gasteiger partial charge on any atom is -0.320 e. The van der Waals surface area contributed by atoms with Crippen molar-refractivity contribution in [2.75, 3.05) is 28.7 Å². The summed E-state index contributed by atoms with van der Waals surface area (Å²) in [7, 11) is -2.14. The highest BCUT2D eigenvalue weighted by molar-refractivity contribution is 7.95. The first-order valence-corrected chi connectivity index (χ1v) is 9.38. The average molecular weight is 367 g/mol. The number of unbranched alkanes of at least 4 members (excludes halogenated alkanes) is 1. The zero-order valence-corrected chi connectivity index (χ0v) is 14.6. The Morgan fingerprint density at radius 2 is 1.72 bits per heavy atom. The van der Waals surface area contributed by atoms with Crippen molar-refractivity contribution >= 4 is 27.3 Å². The molecular formula is C17H19F2N3O2S. The fourth-order valence-corrected chi connectivity index (χ4v) is 4.65. The van der Waals surface area contributed by atoms with Crippen LogP contribution in [-0.4, -0.2) is 28.6 Å². The lowest BCUT2D eigenvalue weighted by Crippen LogP contribution is -2.36. The van der Waals surface area contributed by atoms with Crippen molar-refractivity contribution in [3.63, 3.8) is 0 Å². The van der Waals surface area contributed by atoms with Crippen LogP contribution in [0.2, 0.25) is 0 Å². The van der Waals surface area contributed by atoms with Gasteiger partial charge < -0.3 is 5.32 Å². The summed E-state index contributed by atoms with van der Waals surface area (Å²) in [5, 5.41) is 3.02. The van der Waals surface area contributed by atoms with E-state index in [0.29, 0.717) is 30.4 Å². The van der Waals surface area contributed by atoms with Gasteiger partial charge in [-0.3, -0.25) is 4.31 Å². The van der Waals surface area contributed by atoms with Gasteiger partial charge in [-0.15, -0.1) is 0 Å². The van der Waals surface area contributed by atoms with Crippen LogP contribution >= 0.6 is 0 Å². The van der Waals surface area contributed by atoms with Gasteiger partial charge in [0.2, 0.25) is 0 Å². The van der Waals surface area contributed by atoms with Crippen LogP contribution in [0.5, 0.6) is 0 Å². The van der Waals surface area contributed by atoms with E-state index in [4.69, 9.17) is 0 Å². The summed E-state index contributed by atoms with van der Waals surface area (Å²) < 4.78 is 55.7. The van der Waals surface area contributed by atoms with Gasteiger partial charge >= 0.3 is 10.2 Å². The fourth-order valence-electron chi connectivity index (χ4n) is 2.89. The molecule has 0 amide bonds. The molecule has 0 atom stereocenters. The number of para-hydroxylation sites is 2. The van der Waals surface area contributed by atoms with Gasteiger partial charge in [0.15, 0.2) is 5.82 Å². The van der Waals surface area contributed by atoms with E-state index in [0.717, 1.165) is 29.4 Å². The zero-order valence-electron chi connectivity index (χ0n) is 13.7. The van der Waals surface area contributed by atoms with Gasteiger partial charge in [0, 0.05) is 12.6 Å². The minimum absolute atomic E-state index is 0.188. The van der Waals surface area contributed by atoms with Crippen molar-refractivity contribution in [2.24, 2.45) is 0 Å². The Kier molecular flexibility index (Phi) is 4.91. The lowest BCUT2D eigenvalue weighted by molar-refractivity contribution is 0.577. The third kappa shape index (κ3) is 3.19. The van der Waals surface area contributed by atoms with E-state index >= 15 is 0 Å². The maximum atomic E-state index is 14.2. The van der Waals surface area contributed by atoms with Gasteiger partial charge in [0.05, 0.1) is 17.1 Å². The van der Waals surface area contributed by atoms with Crippen molar-refractivity contribution in [3.8, 4) is 0 Å². The normalized spacial score (nSPS) is 15.5. The Bertz CT molecular complexity index is 874. The third-order valence-corrected chi connectivity index (χ3v) is 5.84. The van der Waals surface area contributed by atoms with Gasteiger partial charge in [-0.1, -0.05) is 12.1 Å². The molecule has 3 rings (SSSR count). The van der Waals surface area contributed by atoms with E-state index in [2.05, 4.69) is 5.32 Å². The van der Waals surface area contributed by atoms with Gasteiger partial charge in [-0.2, -0.15) is 8.42 Å². The number of hydrogen-bond donors (Lipinski definition) is 1. The molecule has 0 spiro atoms. The highest BCUT2D eigenvalue weighted by atomic mass is 32.2. The second-order valence-corrected chi connectivity index (χ2v) is 7.44. The Morgan fingerprint density at radius 1 is 1.00 bits per heavy atom. The van der Waals surface area contributed by atoms with Crippen LogP contribution in [0, 0.1) is 11.6 Å². The van der Waals surface area contributed by atoms with Crippen molar-refractivity contribution in [1.29, 1.82) is 0 Å². The standard InChI is InChI=1S/C17H19F2N3O2S/c1-20-10-4-5-11-21-16-6-2-3-7-17(16)22(25(21,23)24)15-9-8-13(18)12-14(15)19/h2-3,6-9,12,20H,4-5,10-11H2,1H3. The van der Waals surface area contributed by atoms with Crippen molar-refractivity contribution in [2.45, 2.75) is 12.8 Å². The molecule has 0 aromatic heterocycles. The summed E-state index contributed by atoms with van der Waals surface area (Å²) >= 11 is 0. The van der Waals surface area contributed by atoms with E-state index in [-0.39, 0.29) is 5.69 Å². The van der Waals surface area contributed by atoms with E-state index in [1.54, 1.807) is 24.3 Å². The Balaban J connectivity index is 2.02. The summed E-state index contributed by atoms with van der Waals surface area (Å²) in [4.78, 5) is 0. The lowest BCUT2D eigenvalue weighted by Gasteiger charge is -2.22. The summed E-state index contributed by atoms with van der Waals surface area (Å²) in [5.74, 6) is -1.68. The Hall–Kier alpha value is -2.19. The van der Waals surface area contributed by atoms with E-state index < -0.39 is 21.8 Å². The first-order chi connectivity index (χ1) is 12.0. The maximum absolute atomic E-state index is 14.2. The van der Waals surface area contributed by atoms with Gasteiger partial charge in [0.25, 0.3) is 0 Å². The Morgan fingerprint density at radius 3 is 2.40 bits per heavy atom. The molecule has 1 heterocycles.